The number of nitrogen functional groups attached to an aromatic ring is 1. The van der Waals surface area contributed by atoms with Crippen LogP contribution in [0.15, 0.2) is 6.07 Å². The van der Waals surface area contributed by atoms with Gasteiger partial charge in [-0.1, -0.05) is 0 Å². The van der Waals surface area contributed by atoms with Crippen LogP contribution in [-0.2, 0) is 10.3 Å². The lowest BCUT2D eigenvalue weighted by molar-refractivity contribution is -0.0158. The second-order valence-electron chi connectivity index (χ2n) is 4.91. The first-order valence-corrected chi connectivity index (χ1v) is 7.05. The molecule has 0 saturated heterocycles. The van der Waals surface area contributed by atoms with Gasteiger partial charge in [-0.25, -0.2) is 9.97 Å². The number of aryl methyl sites for hydroxylation is 1. The summed E-state index contributed by atoms with van der Waals surface area (Å²) in [5, 5.41) is 0.963. The minimum absolute atomic E-state index is 0.319. The Labute approximate surface area is 110 Å². The molecule has 1 aliphatic carbocycles. The molecule has 0 amide bonds. The zero-order chi connectivity index (χ0) is 12.8. The first-order valence-electron chi connectivity index (χ1n) is 6.24. The number of hydrogen-bond acceptors (Lipinski definition) is 5. The van der Waals surface area contributed by atoms with E-state index in [9.17, 15) is 0 Å². The molecule has 2 aromatic heterocycles. The Balaban J connectivity index is 2.17. The molecule has 2 aromatic rings. The van der Waals surface area contributed by atoms with Gasteiger partial charge in [-0.15, -0.1) is 11.3 Å². The summed E-state index contributed by atoms with van der Waals surface area (Å²) in [5.41, 5.74) is 5.73. The zero-order valence-electron chi connectivity index (χ0n) is 10.7. The van der Waals surface area contributed by atoms with E-state index in [-0.39, 0.29) is 5.60 Å². The third-order valence-corrected chi connectivity index (χ3v) is 4.70. The molecule has 18 heavy (non-hydrogen) atoms. The van der Waals surface area contributed by atoms with Crippen LogP contribution in [-0.4, -0.2) is 17.1 Å². The van der Waals surface area contributed by atoms with Gasteiger partial charge in [0, 0.05) is 12.0 Å². The third kappa shape index (κ3) is 1.69. The predicted octanol–water partition coefficient (Wildman–Crippen LogP) is 3.00. The van der Waals surface area contributed by atoms with E-state index in [1.54, 1.807) is 18.4 Å². The number of fused-ring (bicyclic) bond motifs is 1. The van der Waals surface area contributed by atoms with E-state index in [0.717, 1.165) is 28.9 Å². The molecule has 3 rings (SSSR count). The van der Waals surface area contributed by atoms with E-state index >= 15 is 0 Å². The van der Waals surface area contributed by atoms with Crippen molar-refractivity contribution >= 4 is 27.4 Å². The van der Waals surface area contributed by atoms with E-state index in [2.05, 4.69) is 16.9 Å². The van der Waals surface area contributed by atoms with Crippen molar-refractivity contribution in [3.05, 3.63) is 16.8 Å². The molecule has 0 unspecified atom stereocenters. The fourth-order valence-corrected chi connectivity index (χ4v) is 3.62. The van der Waals surface area contributed by atoms with Crippen molar-refractivity contribution in [1.82, 2.24) is 9.97 Å². The van der Waals surface area contributed by atoms with Crippen molar-refractivity contribution in [1.29, 1.82) is 0 Å². The Hall–Kier alpha value is -1.20. The number of ether oxygens (including phenoxy) is 1. The number of thiophene rings is 1. The SMILES string of the molecule is COC1(c2nc(N)c3cc(C)sc3n2)CCCC1. The summed E-state index contributed by atoms with van der Waals surface area (Å²) in [6.07, 6.45) is 4.30. The molecule has 2 N–H and O–H groups in total. The molecule has 0 spiro atoms. The van der Waals surface area contributed by atoms with Gasteiger partial charge in [0.2, 0.25) is 0 Å². The van der Waals surface area contributed by atoms with E-state index in [0.29, 0.717) is 5.82 Å². The molecule has 0 aliphatic heterocycles. The average molecular weight is 263 g/mol. The fraction of sp³-hybridized carbons (Fsp3) is 0.538. The molecule has 0 bridgehead atoms. The van der Waals surface area contributed by atoms with Gasteiger partial charge in [0.1, 0.15) is 16.2 Å². The number of hydrogen-bond donors (Lipinski definition) is 1. The van der Waals surface area contributed by atoms with E-state index in [1.807, 2.05) is 6.07 Å². The van der Waals surface area contributed by atoms with Crippen molar-refractivity contribution in [3.8, 4) is 0 Å². The van der Waals surface area contributed by atoms with Gasteiger partial charge in [-0.2, -0.15) is 0 Å². The van der Waals surface area contributed by atoms with Crippen molar-refractivity contribution < 1.29 is 4.74 Å². The van der Waals surface area contributed by atoms with Crippen LogP contribution in [0.5, 0.6) is 0 Å². The molecule has 5 heteroatoms. The number of rotatable bonds is 2. The molecule has 0 atom stereocenters. The minimum atomic E-state index is -0.319. The van der Waals surface area contributed by atoms with Crippen molar-refractivity contribution in [2.24, 2.45) is 0 Å². The Morgan fingerprint density at radius 2 is 2.06 bits per heavy atom. The van der Waals surface area contributed by atoms with Crippen LogP contribution >= 0.6 is 11.3 Å². The van der Waals surface area contributed by atoms with Crippen LogP contribution < -0.4 is 5.73 Å². The molecular weight excluding hydrogens is 246 g/mol. The monoisotopic (exact) mass is 263 g/mol. The summed E-state index contributed by atoms with van der Waals surface area (Å²) in [7, 11) is 1.74. The molecule has 96 valence electrons. The van der Waals surface area contributed by atoms with Gasteiger partial charge >= 0.3 is 0 Å². The van der Waals surface area contributed by atoms with Crippen LogP contribution in [0.4, 0.5) is 5.82 Å². The van der Waals surface area contributed by atoms with Crippen LogP contribution in [0.2, 0.25) is 0 Å². The van der Waals surface area contributed by atoms with Crippen LogP contribution in [0.25, 0.3) is 10.2 Å². The highest BCUT2D eigenvalue weighted by atomic mass is 32.1. The molecule has 1 fully saturated rings. The first-order chi connectivity index (χ1) is 8.64. The second-order valence-corrected chi connectivity index (χ2v) is 6.15. The maximum absolute atomic E-state index is 6.05. The summed E-state index contributed by atoms with van der Waals surface area (Å²) < 4.78 is 5.72. The lowest BCUT2D eigenvalue weighted by Gasteiger charge is -2.25. The molecule has 0 radical (unpaired) electrons. The van der Waals surface area contributed by atoms with Gasteiger partial charge in [0.15, 0.2) is 5.82 Å². The Morgan fingerprint density at radius 3 is 2.72 bits per heavy atom. The van der Waals surface area contributed by atoms with E-state index in [1.165, 1.54) is 17.7 Å². The summed E-state index contributed by atoms with van der Waals surface area (Å²) >= 11 is 1.66. The molecule has 4 nitrogen and oxygen atoms in total. The van der Waals surface area contributed by atoms with Crippen LogP contribution in [0.1, 0.15) is 36.4 Å². The Bertz CT molecular complexity index is 587. The summed E-state index contributed by atoms with van der Waals surface area (Å²) in [6.45, 7) is 2.06. The number of aromatic nitrogens is 2. The summed E-state index contributed by atoms with van der Waals surface area (Å²) in [5.74, 6) is 1.33. The van der Waals surface area contributed by atoms with Gasteiger partial charge in [-0.05, 0) is 38.7 Å². The Kier molecular flexibility index (Phi) is 2.75. The van der Waals surface area contributed by atoms with Gasteiger partial charge in [-0.3, -0.25) is 0 Å². The Morgan fingerprint density at radius 1 is 1.33 bits per heavy atom. The molecule has 2 heterocycles. The lowest BCUT2D eigenvalue weighted by atomic mass is 10.0. The van der Waals surface area contributed by atoms with Crippen LogP contribution in [0.3, 0.4) is 0 Å². The fourth-order valence-electron chi connectivity index (χ4n) is 2.73. The number of anilines is 1. The first kappa shape index (κ1) is 11.9. The van der Waals surface area contributed by atoms with Gasteiger partial charge in [0.05, 0.1) is 5.39 Å². The van der Waals surface area contributed by atoms with Gasteiger partial charge < -0.3 is 10.5 Å². The lowest BCUT2D eigenvalue weighted by Crippen LogP contribution is -2.27. The second kappa shape index (κ2) is 4.17. The third-order valence-electron chi connectivity index (χ3n) is 3.75. The standard InChI is InChI=1S/C13H17N3OS/c1-8-7-9-10(14)15-12(16-11(9)18-8)13(17-2)5-3-4-6-13/h7H,3-6H2,1-2H3,(H2,14,15,16). The maximum atomic E-state index is 6.05. The van der Waals surface area contributed by atoms with Crippen molar-refractivity contribution in [2.45, 2.75) is 38.2 Å². The van der Waals surface area contributed by atoms with Crippen LogP contribution in [0, 0.1) is 6.92 Å². The largest absolute Gasteiger partial charge is 0.383 e. The average Bonchev–Trinajstić information content (AvgIpc) is 2.95. The highest BCUT2D eigenvalue weighted by molar-refractivity contribution is 7.18. The zero-order valence-corrected chi connectivity index (χ0v) is 11.5. The smallest absolute Gasteiger partial charge is 0.164 e. The predicted molar refractivity (Wildman–Crippen MR) is 73.7 cm³/mol. The molecule has 1 saturated carbocycles. The van der Waals surface area contributed by atoms with E-state index in [4.69, 9.17) is 10.5 Å². The minimum Gasteiger partial charge on any atom is -0.383 e. The van der Waals surface area contributed by atoms with Crippen molar-refractivity contribution in [2.75, 3.05) is 12.8 Å². The number of nitrogens with two attached hydrogens (primary N) is 1. The quantitative estimate of drug-likeness (QED) is 0.904. The molecular formula is C13H17N3OS. The normalized spacial score (nSPS) is 18.6. The van der Waals surface area contributed by atoms with Crippen molar-refractivity contribution in [3.63, 3.8) is 0 Å². The molecule has 1 aliphatic rings. The van der Waals surface area contributed by atoms with E-state index < -0.39 is 0 Å². The molecule has 0 aromatic carbocycles. The summed E-state index contributed by atoms with van der Waals surface area (Å²) in [4.78, 5) is 11.4. The highest BCUT2D eigenvalue weighted by Crippen LogP contribution is 2.41. The number of nitrogens with zero attached hydrogens (tertiary/aromatic N) is 2. The maximum Gasteiger partial charge on any atom is 0.164 e. The number of methoxy groups -OCH3 is 1. The summed E-state index contributed by atoms with van der Waals surface area (Å²) in [6, 6.07) is 2.05. The highest BCUT2D eigenvalue weighted by Gasteiger charge is 2.39. The topological polar surface area (TPSA) is 61.0 Å². The van der Waals surface area contributed by atoms with Gasteiger partial charge in [0.25, 0.3) is 0 Å².